The standard InChI is InChI=1S/C16H17ClN4/c1-3-12-5-4-6-18-14(12)10-21-15(8-17)20-13-7-11(2)9-19-16(13)21/h4-7,9H,3,8,10H2,1-2H3. The molecule has 0 aliphatic carbocycles. The fourth-order valence-corrected chi connectivity index (χ4v) is 2.72. The molecule has 0 radical (unpaired) electrons. The summed E-state index contributed by atoms with van der Waals surface area (Å²) >= 11 is 6.05. The van der Waals surface area contributed by atoms with Crippen molar-refractivity contribution in [3.05, 3.63) is 53.2 Å². The summed E-state index contributed by atoms with van der Waals surface area (Å²) in [7, 11) is 0. The molecule has 0 aliphatic heterocycles. The van der Waals surface area contributed by atoms with Crippen molar-refractivity contribution in [1.29, 1.82) is 0 Å². The molecule has 0 spiro atoms. The van der Waals surface area contributed by atoms with Gasteiger partial charge < -0.3 is 4.57 Å². The van der Waals surface area contributed by atoms with Gasteiger partial charge in [-0.05, 0) is 36.6 Å². The molecular weight excluding hydrogens is 284 g/mol. The number of hydrogen-bond acceptors (Lipinski definition) is 3. The van der Waals surface area contributed by atoms with Crippen molar-refractivity contribution in [2.24, 2.45) is 0 Å². The molecule has 21 heavy (non-hydrogen) atoms. The summed E-state index contributed by atoms with van der Waals surface area (Å²) in [4.78, 5) is 13.6. The first-order valence-corrected chi connectivity index (χ1v) is 7.57. The zero-order valence-corrected chi connectivity index (χ0v) is 12.9. The maximum atomic E-state index is 6.05. The number of aryl methyl sites for hydroxylation is 2. The van der Waals surface area contributed by atoms with Crippen molar-refractivity contribution in [3.8, 4) is 0 Å². The van der Waals surface area contributed by atoms with Crippen molar-refractivity contribution in [2.75, 3.05) is 0 Å². The predicted octanol–water partition coefficient (Wildman–Crippen LogP) is 3.48. The molecule has 5 heteroatoms. The third kappa shape index (κ3) is 2.63. The number of imidazole rings is 1. The normalized spacial score (nSPS) is 11.2. The smallest absolute Gasteiger partial charge is 0.160 e. The van der Waals surface area contributed by atoms with Crippen LogP contribution >= 0.6 is 11.6 Å². The molecule has 4 nitrogen and oxygen atoms in total. The maximum absolute atomic E-state index is 6.05. The Bertz CT molecular complexity index is 779. The van der Waals surface area contributed by atoms with Gasteiger partial charge in [-0.25, -0.2) is 9.97 Å². The van der Waals surface area contributed by atoms with Gasteiger partial charge >= 0.3 is 0 Å². The van der Waals surface area contributed by atoms with Gasteiger partial charge in [0.1, 0.15) is 11.3 Å². The zero-order chi connectivity index (χ0) is 14.8. The molecule has 0 fully saturated rings. The van der Waals surface area contributed by atoms with Crippen LogP contribution in [0.1, 0.15) is 29.6 Å². The van der Waals surface area contributed by atoms with E-state index in [1.165, 1.54) is 5.56 Å². The van der Waals surface area contributed by atoms with E-state index in [4.69, 9.17) is 11.6 Å². The van der Waals surface area contributed by atoms with Crippen LogP contribution in [0.5, 0.6) is 0 Å². The Kier molecular flexibility index (Phi) is 3.88. The number of nitrogens with zero attached hydrogens (tertiary/aromatic N) is 4. The maximum Gasteiger partial charge on any atom is 0.160 e. The van der Waals surface area contributed by atoms with Gasteiger partial charge in [-0.3, -0.25) is 4.98 Å². The molecule has 0 aliphatic rings. The first-order chi connectivity index (χ1) is 10.2. The van der Waals surface area contributed by atoms with Gasteiger partial charge in [0.05, 0.1) is 18.1 Å². The van der Waals surface area contributed by atoms with E-state index in [9.17, 15) is 0 Å². The second kappa shape index (κ2) is 5.82. The molecule has 0 unspecified atom stereocenters. The highest BCUT2D eigenvalue weighted by Crippen LogP contribution is 2.19. The largest absolute Gasteiger partial charge is 0.306 e. The van der Waals surface area contributed by atoms with Crippen molar-refractivity contribution in [2.45, 2.75) is 32.7 Å². The van der Waals surface area contributed by atoms with Crippen LogP contribution in [-0.2, 0) is 18.8 Å². The van der Waals surface area contributed by atoms with Gasteiger partial charge in [0.2, 0.25) is 0 Å². The fourth-order valence-electron chi connectivity index (χ4n) is 2.51. The van der Waals surface area contributed by atoms with Crippen molar-refractivity contribution in [1.82, 2.24) is 19.5 Å². The van der Waals surface area contributed by atoms with Crippen LogP contribution < -0.4 is 0 Å². The quantitative estimate of drug-likeness (QED) is 0.693. The lowest BCUT2D eigenvalue weighted by molar-refractivity contribution is 0.740. The molecule has 0 atom stereocenters. The van der Waals surface area contributed by atoms with Crippen LogP contribution in [0.3, 0.4) is 0 Å². The van der Waals surface area contributed by atoms with E-state index >= 15 is 0 Å². The lowest BCUT2D eigenvalue weighted by atomic mass is 10.1. The van der Waals surface area contributed by atoms with Crippen molar-refractivity contribution >= 4 is 22.8 Å². The van der Waals surface area contributed by atoms with E-state index in [0.717, 1.165) is 34.7 Å². The first kappa shape index (κ1) is 14.0. The minimum atomic E-state index is 0.365. The molecule has 0 saturated heterocycles. The minimum Gasteiger partial charge on any atom is -0.306 e. The highest BCUT2D eigenvalue weighted by atomic mass is 35.5. The fraction of sp³-hybridized carbons (Fsp3) is 0.312. The number of rotatable bonds is 4. The van der Waals surface area contributed by atoms with Crippen LogP contribution in [0, 0.1) is 6.92 Å². The Hall–Kier alpha value is -1.94. The minimum absolute atomic E-state index is 0.365. The highest BCUT2D eigenvalue weighted by Gasteiger charge is 2.13. The van der Waals surface area contributed by atoms with E-state index in [1.807, 2.05) is 31.5 Å². The van der Waals surface area contributed by atoms with Crippen LogP contribution in [-0.4, -0.2) is 19.5 Å². The molecule has 108 valence electrons. The van der Waals surface area contributed by atoms with Crippen molar-refractivity contribution < 1.29 is 0 Å². The summed E-state index contributed by atoms with van der Waals surface area (Å²) in [6.07, 6.45) is 4.64. The van der Waals surface area contributed by atoms with Gasteiger partial charge in [0.15, 0.2) is 5.65 Å². The van der Waals surface area contributed by atoms with E-state index in [-0.39, 0.29) is 0 Å². The lowest BCUT2D eigenvalue weighted by Crippen LogP contribution is -2.08. The molecule has 0 saturated carbocycles. The topological polar surface area (TPSA) is 43.6 Å². The average molecular weight is 301 g/mol. The second-order valence-corrected chi connectivity index (χ2v) is 5.33. The molecule has 3 heterocycles. The molecule has 0 amide bonds. The molecule has 3 aromatic rings. The zero-order valence-electron chi connectivity index (χ0n) is 12.2. The Labute approximate surface area is 128 Å². The lowest BCUT2D eigenvalue weighted by Gasteiger charge is -2.10. The van der Waals surface area contributed by atoms with Gasteiger partial charge in [0, 0.05) is 12.4 Å². The number of aromatic nitrogens is 4. The highest BCUT2D eigenvalue weighted by molar-refractivity contribution is 6.16. The summed E-state index contributed by atoms with van der Waals surface area (Å²) in [6.45, 7) is 4.80. The first-order valence-electron chi connectivity index (χ1n) is 7.03. The average Bonchev–Trinajstić information content (AvgIpc) is 2.84. The second-order valence-electron chi connectivity index (χ2n) is 5.07. The summed E-state index contributed by atoms with van der Waals surface area (Å²) in [5.41, 5.74) is 5.14. The molecule has 3 aromatic heterocycles. The summed E-state index contributed by atoms with van der Waals surface area (Å²) in [6, 6.07) is 6.12. The van der Waals surface area contributed by atoms with Gasteiger partial charge in [-0.1, -0.05) is 13.0 Å². The summed E-state index contributed by atoms with van der Waals surface area (Å²) in [5.74, 6) is 1.20. The van der Waals surface area contributed by atoms with Gasteiger partial charge in [-0.15, -0.1) is 11.6 Å². The van der Waals surface area contributed by atoms with Crippen LogP contribution in [0.25, 0.3) is 11.2 Å². The Morgan fingerprint density at radius 3 is 2.90 bits per heavy atom. The molecule has 0 N–H and O–H groups in total. The Morgan fingerprint density at radius 2 is 2.14 bits per heavy atom. The van der Waals surface area contributed by atoms with Gasteiger partial charge in [-0.2, -0.15) is 0 Å². The number of fused-ring (bicyclic) bond motifs is 1. The number of halogens is 1. The number of pyridine rings is 2. The summed E-state index contributed by atoms with van der Waals surface area (Å²) < 4.78 is 2.06. The Morgan fingerprint density at radius 1 is 1.29 bits per heavy atom. The molecule has 3 rings (SSSR count). The third-order valence-electron chi connectivity index (χ3n) is 3.59. The van der Waals surface area contributed by atoms with Gasteiger partial charge in [0.25, 0.3) is 0 Å². The van der Waals surface area contributed by atoms with Crippen LogP contribution in [0.2, 0.25) is 0 Å². The van der Waals surface area contributed by atoms with Crippen molar-refractivity contribution in [3.63, 3.8) is 0 Å². The monoisotopic (exact) mass is 300 g/mol. The van der Waals surface area contributed by atoms with E-state index in [2.05, 4.69) is 32.5 Å². The number of alkyl halides is 1. The van der Waals surface area contributed by atoms with E-state index < -0.39 is 0 Å². The van der Waals surface area contributed by atoms with E-state index in [0.29, 0.717) is 12.4 Å². The third-order valence-corrected chi connectivity index (χ3v) is 3.83. The van der Waals surface area contributed by atoms with Crippen LogP contribution in [0.15, 0.2) is 30.6 Å². The molecule has 0 bridgehead atoms. The number of hydrogen-bond donors (Lipinski definition) is 0. The van der Waals surface area contributed by atoms with E-state index in [1.54, 1.807) is 0 Å². The van der Waals surface area contributed by atoms with Crippen LogP contribution in [0.4, 0.5) is 0 Å². The molecule has 0 aromatic carbocycles. The molecular formula is C16H17ClN4. The summed E-state index contributed by atoms with van der Waals surface area (Å²) in [5, 5.41) is 0. The Balaban J connectivity index is 2.11. The predicted molar refractivity (Wildman–Crippen MR) is 84.5 cm³/mol. The SMILES string of the molecule is CCc1cccnc1Cn1c(CCl)nc2cc(C)cnc21.